The molecule has 0 saturated carbocycles. The Balaban J connectivity index is 2.26. The molecule has 2 rings (SSSR count). The van der Waals surface area contributed by atoms with Gasteiger partial charge in [0.25, 0.3) is 0 Å². The van der Waals surface area contributed by atoms with Crippen molar-refractivity contribution in [3.05, 3.63) is 43.3 Å². The molecule has 1 nitrogen and oxygen atoms in total. The van der Waals surface area contributed by atoms with Crippen LogP contribution in [0.4, 0.5) is 0 Å². The molecule has 96 valence electrons. The molecule has 18 heavy (non-hydrogen) atoms. The van der Waals surface area contributed by atoms with Gasteiger partial charge in [0.05, 0.1) is 0 Å². The van der Waals surface area contributed by atoms with Crippen molar-refractivity contribution in [3.63, 3.8) is 0 Å². The molecule has 0 spiro atoms. The van der Waals surface area contributed by atoms with E-state index in [4.69, 9.17) is 5.73 Å². The van der Waals surface area contributed by atoms with Crippen molar-refractivity contribution in [1.29, 1.82) is 0 Å². The van der Waals surface area contributed by atoms with Gasteiger partial charge < -0.3 is 5.73 Å². The highest BCUT2D eigenvalue weighted by molar-refractivity contribution is 14.1. The van der Waals surface area contributed by atoms with Gasteiger partial charge in [0.15, 0.2) is 0 Å². The summed E-state index contributed by atoms with van der Waals surface area (Å²) in [6.07, 6.45) is 2.18. The average Bonchev–Trinajstić information content (AvgIpc) is 2.82. The molecule has 0 aliphatic rings. The molecule has 0 radical (unpaired) electrons. The van der Waals surface area contributed by atoms with E-state index in [9.17, 15) is 0 Å². The van der Waals surface area contributed by atoms with E-state index in [0.29, 0.717) is 0 Å². The topological polar surface area (TPSA) is 26.0 Å². The van der Waals surface area contributed by atoms with Crippen LogP contribution in [-0.4, -0.2) is 0 Å². The van der Waals surface area contributed by atoms with Crippen LogP contribution >= 0.6 is 49.9 Å². The summed E-state index contributed by atoms with van der Waals surface area (Å²) >= 11 is 7.68. The highest BCUT2D eigenvalue weighted by atomic mass is 127. The Morgan fingerprint density at radius 2 is 2.11 bits per heavy atom. The smallest absolute Gasteiger partial charge is 0.0389 e. The van der Waals surface area contributed by atoms with Gasteiger partial charge in [0.2, 0.25) is 0 Å². The van der Waals surface area contributed by atoms with Crippen molar-refractivity contribution in [2.45, 2.75) is 25.8 Å². The minimum Gasteiger partial charge on any atom is -0.323 e. The molecule has 0 bridgehead atoms. The van der Waals surface area contributed by atoms with E-state index in [1.807, 2.05) is 0 Å². The van der Waals surface area contributed by atoms with E-state index in [1.54, 1.807) is 11.3 Å². The van der Waals surface area contributed by atoms with Crippen LogP contribution in [0, 0.1) is 3.57 Å². The Hall–Kier alpha value is 0.0900. The van der Waals surface area contributed by atoms with Crippen molar-refractivity contribution in [2.75, 3.05) is 0 Å². The van der Waals surface area contributed by atoms with E-state index in [1.165, 1.54) is 18.9 Å². The molecule has 1 aromatic carbocycles. The molecule has 1 heterocycles. The van der Waals surface area contributed by atoms with Crippen molar-refractivity contribution in [2.24, 2.45) is 5.73 Å². The lowest BCUT2D eigenvalue weighted by atomic mass is 10.1. The van der Waals surface area contributed by atoms with E-state index in [2.05, 4.69) is 75.8 Å². The molecule has 0 saturated heterocycles. The van der Waals surface area contributed by atoms with Crippen LogP contribution in [0.2, 0.25) is 0 Å². The van der Waals surface area contributed by atoms with Gasteiger partial charge in [-0.2, -0.15) is 0 Å². The summed E-state index contributed by atoms with van der Waals surface area (Å²) in [5, 5.41) is 0. The van der Waals surface area contributed by atoms with Gasteiger partial charge in [-0.05, 0) is 74.8 Å². The number of nitrogens with two attached hydrogens (primary N) is 1. The van der Waals surface area contributed by atoms with Crippen LogP contribution in [-0.2, 0) is 0 Å². The summed E-state index contributed by atoms with van der Waals surface area (Å²) in [5.74, 6) is 0. The molecule has 0 aliphatic heterocycles. The maximum atomic E-state index is 6.15. The molecule has 0 fully saturated rings. The van der Waals surface area contributed by atoms with Crippen molar-refractivity contribution in [1.82, 2.24) is 0 Å². The maximum Gasteiger partial charge on any atom is 0.0389 e. The fourth-order valence-electron chi connectivity index (χ4n) is 1.81. The lowest BCUT2D eigenvalue weighted by molar-refractivity contribution is 0.648. The minimum absolute atomic E-state index is 0.184. The zero-order valence-corrected chi connectivity index (χ0v) is 14.7. The summed E-state index contributed by atoms with van der Waals surface area (Å²) in [6.45, 7) is 2.17. The lowest BCUT2D eigenvalue weighted by Gasteiger charge is -2.06. The summed E-state index contributed by atoms with van der Waals surface area (Å²) in [4.78, 5) is 2.58. The Kier molecular flexibility index (Phi) is 5.24. The number of hydrogen-bond donors (Lipinski definition) is 1. The average molecular weight is 436 g/mol. The number of hydrogen-bond acceptors (Lipinski definition) is 2. The maximum absolute atomic E-state index is 6.15. The fraction of sp³-hybridized carbons (Fsp3) is 0.286. The molecular weight excluding hydrogens is 421 g/mol. The van der Waals surface area contributed by atoms with Crippen LogP contribution in [0.3, 0.4) is 0 Å². The summed E-state index contributed by atoms with van der Waals surface area (Å²) < 4.78 is 2.38. The summed E-state index contributed by atoms with van der Waals surface area (Å²) in [7, 11) is 0. The van der Waals surface area contributed by atoms with Gasteiger partial charge >= 0.3 is 0 Å². The normalized spacial score (nSPS) is 12.7. The van der Waals surface area contributed by atoms with Crippen LogP contribution in [0.5, 0.6) is 0 Å². The first-order valence-electron chi connectivity index (χ1n) is 5.92. The van der Waals surface area contributed by atoms with Gasteiger partial charge in [-0.1, -0.05) is 19.4 Å². The third-order valence-corrected chi connectivity index (χ3v) is 6.39. The first-order chi connectivity index (χ1) is 8.61. The second-order valence-electron chi connectivity index (χ2n) is 4.23. The highest BCUT2D eigenvalue weighted by Crippen LogP contribution is 2.34. The van der Waals surface area contributed by atoms with E-state index in [0.717, 1.165) is 17.3 Å². The molecule has 1 atom stereocenters. The zero-order chi connectivity index (χ0) is 13.1. The third-order valence-electron chi connectivity index (χ3n) is 2.80. The molecule has 1 unspecified atom stereocenters. The van der Waals surface area contributed by atoms with Crippen LogP contribution in [0.15, 0.2) is 34.8 Å². The van der Waals surface area contributed by atoms with Crippen LogP contribution < -0.4 is 5.73 Å². The van der Waals surface area contributed by atoms with E-state index in [-0.39, 0.29) is 6.04 Å². The molecule has 2 N–H and O–H groups in total. The quantitative estimate of drug-likeness (QED) is 0.623. The molecule has 0 amide bonds. The Labute approximate surface area is 134 Å². The first kappa shape index (κ1) is 14.5. The van der Waals surface area contributed by atoms with Crippen molar-refractivity contribution < 1.29 is 0 Å². The van der Waals surface area contributed by atoms with Gasteiger partial charge in [0.1, 0.15) is 0 Å². The van der Waals surface area contributed by atoms with Gasteiger partial charge in [-0.15, -0.1) is 11.3 Å². The van der Waals surface area contributed by atoms with Crippen LogP contribution in [0.25, 0.3) is 10.4 Å². The van der Waals surface area contributed by atoms with Gasteiger partial charge in [-0.25, -0.2) is 0 Å². The number of rotatable bonds is 4. The predicted octanol–water partition coefficient (Wildman–Crippen LogP) is 5.58. The monoisotopic (exact) mass is 435 g/mol. The minimum atomic E-state index is 0.184. The van der Waals surface area contributed by atoms with Gasteiger partial charge in [-0.3, -0.25) is 0 Å². The second kappa shape index (κ2) is 6.50. The van der Waals surface area contributed by atoms with Crippen molar-refractivity contribution >= 4 is 49.9 Å². The lowest BCUT2D eigenvalue weighted by Crippen LogP contribution is -2.07. The molecular formula is C14H15BrINS. The highest BCUT2D eigenvalue weighted by Gasteiger charge is 2.10. The van der Waals surface area contributed by atoms with Crippen LogP contribution in [0.1, 0.15) is 30.7 Å². The number of halogens is 2. The zero-order valence-electron chi connectivity index (χ0n) is 10.1. The fourth-order valence-corrected chi connectivity index (χ4v) is 3.61. The first-order valence-corrected chi connectivity index (χ1v) is 8.61. The second-order valence-corrected chi connectivity index (χ2v) is 7.36. The number of thiophene rings is 1. The van der Waals surface area contributed by atoms with Crippen molar-refractivity contribution in [3.8, 4) is 10.4 Å². The van der Waals surface area contributed by atoms with E-state index < -0.39 is 0 Å². The van der Waals surface area contributed by atoms with E-state index >= 15 is 0 Å². The SMILES string of the molecule is CCCC(N)c1ccc(-c2ccc(Br)c(I)c2)s1. The molecule has 4 heteroatoms. The summed E-state index contributed by atoms with van der Waals surface area (Å²) in [5.41, 5.74) is 7.42. The largest absolute Gasteiger partial charge is 0.323 e. The molecule has 1 aromatic heterocycles. The van der Waals surface area contributed by atoms with Gasteiger partial charge in [0, 0.05) is 23.8 Å². The summed E-state index contributed by atoms with van der Waals surface area (Å²) in [6, 6.07) is 11.0. The third kappa shape index (κ3) is 3.35. The Morgan fingerprint density at radius 1 is 1.33 bits per heavy atom. The Morgan fingerprint density at radius 3 is 2.78 bits per heavy atom. The standard InChI is InChI=1S/C14H15BrINS/c1-2-3-12(17)14-7-6-13(18-14)9-4-5-10(15)11(16)8-9/h4-8,12H,2-3,17H2,1H3. The predicted molar refractivity (Wildman–Crippen MR) is 92.0 cm³/mol. The number of benzene rings is 1. The Bertz CT molecular complexity index is 538. The molecule has 2 aromatic rings. The molecule has 0 aliphatic carbocycles.